The highest BCUT2D eigenvalue weighted by Gasteiger charge is 2.44. The first-order valence-corrected chi connectivity index (χ1v) is 4.41. The highest BCUT2D eigenvalue weighted by molar-refractivity contribution is 5.61. The van der Waals surface area contributed by atoms with Crippen molar-refractivity contribution in [1.29, 1.82) is 0 Å². The summed E-state index contributed by atoms with van der Waals surface area (Å²) in [5, 5.41) is 0. The average molecular weight is 154 g/mol. The summed E-state index contributed by atoms with van der Waals surface area (Å²) >= 11 is 0. The minimum absolute atomic E-state index is 0.0712. The third-order valence-corrected chi connectivity index (χ3v) is 3.24. The molecule has 1 atom stereocenters. The molecular weight excluding hydrogens is 140 g/mol. The molecule has 2 rings (SSSR count). The van der Waals surface area contributed by atoms with Gasteiger partial charge < -0.3 is 9.53 Å². The van der Waals surface area contributed by atoms with Crippen molar-refractivity contribution in [2.24, 2.45) is 11.3 Å². The van der Waals surface area contributed by atoms with Gasteiger partial charge in [0.2, 0.25) is 0 Å². The van der Waals surface area contributed by atoms with Crippen molar-refractivity contribution in [3.8, 4) is 0 Å². The molecule has 11 heavy (non-hydrogen) atoms. The Morgan fingerprint density at radius 3 is 2.64 bits per heavy atom. The van der Waals surface area contributed by atoms with Crippen LogP contribution in [0.1, 0.15) is 25.7 Å². The van der Waals surface area contributed by atoms with Gasteiger partial charge in [0.1, 0.15) is 6.29 Å². The van der Waals surface area contributed by atoms with Crippen LogP contribution in [-0.2, 0) is 9.53 Å². The van der Waals surface area contributed by atoms with E-state index in [1.165, 1.54) is 19.3 Å². The molecule has 2 aliphatic rings. The van der Waals surface area contributed by atoms with Crippen molar-refractivity contribution in [2.45, 2.75) is 25.7 Å². The summed E-state index contributed by atoms with van der Waals surface area (Å²) in [5.41, 5.74) is -0.0712. The van der Waals surface area contributed by atoms with Gasteiger partial charge in [0, 0.05) is 6.61 Å². The molecule has 1 saturated carbocycles. The molecule has 2 heteroatoms. The van der Waals surface area contributed by atoms with Gasteiger partial charge in [-0.05, 0) is 25.2 Å². The lowest BCUT2D eigenvalue weighted by Crippen LogP contribution is -2.36. The fourth-order valence-corrected chi connectivity index (χ4v) is 2.09. The van der Waals surface area contributed by atoms with E-state index in [0.29, 0.717) is 12.5 Å². The zero-order valence-corrected chi connectivity index (χ0v) is 6.71. The van der Waals surface area contributed by atoms with E-state index < -0.39 is 0 Å². The van der Waals surface area contributed by atoms with Crippen molar-refractivity contribution in [3.63, 3.8) is 0 Å². The van der Waals surface area contributed by atoms with Crippen LogP contribution in [0, 0.1) is 11.3 Å². The highest BCUT2D eigenvalue weighted by Crippen LogP contribution is 2.45. The first kappa shape index (κ1) is 7.29. The number of carbonyl (C=O) groups excluding carboxylic acids is 1. The summed E-state index contributed by atoms with van der Waals surface area (Å²) in [6.07, 6.45) is 5.88. The molecule has 1 aliphatic carbocycles. The Hall–Kier alpha value is -0.370. The Kier molecular flexibility index (Phi) is 1.72. The van der Waals surface area contributed by atoms with Gasteiger partial charge in [-0.2, -0.15) is 0 Å². The topological polar surface area (TPSA) is 26.3 Å². The third kappa shape index (κ3) is 1.00. The monoisotopic (exact) mass is 154 g/mol. The minimum atomic E-state index is -0.0712. The Morgan fingerprint density at radius 1 is 1.45 bits per heavy atom. The van der Waals surface area contributed by atoms with Gasteiger partial charge in [-0.1, -0.05) is 6.42 Å². The molecule has 1 heterocycles. The molecule has 1 aliphatic heterocycles. The van der Waals surface area contributed by atoms with Gasteiger partial charge in [0.25, 0.3) is 0 Å². The van der Waals surface area contributed by atoms with Crippen LogP contribution in [0.5, 0.6) is 0 Å². The Labute approximate surface area is 66.9 Å². The number of aldehydes is 1. The minimum Gasteiger partial charge on any atom is -0.380 e. The van der Waals surface area contributed by atoms with Crippen molar-refractivity contribution in [3.05, 3.63) is 0 Å². The predicted molar refractivity (Wildman–Crippen MR) is 41.3 cm³/mol. The van der Waals surface area contributed by atoms with E-state index >= 15 is 0 Å². The first-order valence-electron chi connectivity index (χ1n) is 4.41. The van der Waals surface area contributed by atoms with Gasteiger partial charge >= 0.3 is 0 Å². The molecule has 0 aromatic rings. The lowest BCUT2D eigenvalue weighted by Gasteiger charge is -2.37. The van der Waals surface area contributed by atoms with Crippen LogP contribution < -0.4 is 0 Å². The van der Waals surface area contributed by atoms with E-state index in [2.05, 4.69) is 0 Å². The Balaban J connectivity index is 2.07. The van der Waals surface area contributed by atoms with Gasteiger partial charge in [0.15, 0.2) is 0 Å². The number of hydrogen-bond donors (Lipinski definition) is 0. The average Bonchev–Trinajstić information content (AvgIpc) is 2.34. The maximum atomic E-state index is 10.9. The molecule has 0 spiro atoms. The van der Waals surface area contributed by atoms with Crippen molar-refractivity contribution < 1.29 is 9.53 Å². The molecule has 0 radical (unpaired) electrons. The second kappa shape index (κ2) is 2.59. The van der Waals surface area contributed by atoms with Crippen LogP contribution >= 0.6 is 0 Å². The predicted octanol–water partition coefficient (Wildman–Crippen LogP) is 1.39. The summed E-state index contributed by atoms with van der Waals surface area (Å²) in [4.78, 5) is 10.9. The molecule has 62 valence electrons. The molecule has 0 aromatic carbocycles. The lowest BCUT2D eigenvalue weighted by atomic mass is 9.66. The molecule has 2 nitrogen and oxygen atoms in total. The smallest absolute Gasteiger partial charge is 0.128 e. The summed E-state index contributed by atoms with van der Waals surface area (Å²) in [5.74, 6) is 0.641. The molecule has 0 bridgehead atoms. The van der Waals surface area contributed by atoms with Crippen LogP contribution in [0.15, 0.2) is 0 Å². The van der Waals surface area contributed by atoms with Gasteiger partial charge in [-0.15, -0.1) is 0 Å². The molecule has 2 fully saturated rings. The van der Waals surface area contributed by atoms with Crippen LogP contribution in [0.25, 0.3) is 0 Å². The molecular formula is C9H14O2. The number of ether oxygens (including phenoxy) is 1. The Bertz CT molecular complexity index is 155. The van der Waals surface area contributed by atoms with Crippen molar-refractivity contribution in [1.82, 2.24) is 0 Å². The molecule has 0 amide bonds. The lowest BCUT2D eigenvalue weighted by molar-refractivity contribution is -0.121. The van der Waals surface area contributed by atoms with Crippen LogP contribution in [0.2, 0.25) is 0 Å². The summed E-state index contributed by atoms with van der Waals surface area (Å²) < 4.78 is 5.28. The normalized spacial score (nSPS) is 38.5. The zero-order chi connectivity index (χ0) is 7.73. The standard InChI is InChI=1S/C9H14O2/c10-6-9(4-5-11-7-9)8-2-1-3-8/h6,8H,1-5,7H2. The van der Waals surface area contributed by atoms with Crippen LogP contribution in [-0.4, -0.2) is 19.5 Å². The van der Waals surface area contributed by atoms with Crippen LogP contribution in [0.4, 0.5) is 0 Å². The second-order valence-corrected chi connectivity index (χ2v) is 3.78. The number of hydrogen-bond acceptors (Lipinski definition) is 2. The Morgan fingerprint density at radius 2 is 2.27 bits per heavy atom. The maximum absolute atomic E-state index is 10.9. The zero-order valence-electron chi connectivity index (χ0n) is 6.71. The highest BCUT2D eigenvalue weighted by atomic mass is 16.5. The van der Waals surface area contributed by atoms with E-state index in [1.807, 2.05) is 0 Å². The van der Waals surface area contributed by atoms with E-state index in [1.54, 1.807) is 0 Å². The van der Waals surface area contributed by atoms with Crippen molar-refractivity contribution >= 4 is 6.29 Å². The quantitative estimate of drug-likeness (QED) is 0.562. The maximum Gasteiger partial charge on any atom is 0.128 e. The number of rotatable bonds is 2. The van der Waals surface area contributed by atoms with Crippen LogP contribution in [0.3, 0.4) is 0 Å². The summed E-state index contributed by atoms with van der Waals surface area (Å²) in [6.45, 7) is 1.47. The number of carbonyl (C=O) groups is 1. The van der Waals surface area contributed by atoms with Gasteiger partial charge in [0.05, 0.1) is 12.0 Å². The van der Waals surface area contributed by atoms with Gasteiger partial charge in [-0.25, -0.2) is 0 Å². The fraction of sp³-hybridized carbons (Fsp3) is 0.889. The largest absolute Gasteiger partial charge is 0.380 e. The second-order valence-electron chi connectivity index (χ2n) is 3.78. The summed E-state index contributed by atoms with van der Waals surface area (Å²) in [6, 6.07) is 0. The van der Waals surface area contributed by atoms with Crippen molar-refractivity contribution in [2.75, 3.05) is 13.2 Å². The molecule has 0 N–H and O–H groups in total. The third-order valence-electron chi connectivity index (χ3n) is 3.24. The first-order chi connectivity index (χ1) is 5.37. The summed E-state index contributed by atoms with van der Waals surface area (Å²) in [7, 11) is 0. The molecule has 0 aromatic heterocycles. The molecule has 1 unspecified atom stereocenters. The van der Waals surface area contributed by atoms with E-state index in [0.717, 1.165) is 19.3 Å². The van der Waals surface area contributed by atoms with E-state index in [-0.39, 0.29) is 5.41 Å². The van der Waals surface area contributed by atoms with E-state index in [4.69, 9.17) is 4.74 Å². The van der Waals surface area contributed by atoms with Gasteiger partial charge in [-0.3, -0.25) is 0 Å². The SMILES string of the molecule is O=CC1(C2CCC2)CCOC1. The fourth-order valence-electron chi connectivity index (χ4n) is 2.09. The van der Waals surface area contributed by atoms with E-state index in [9.17, 15) is 4.79 Å². The molecule has 1 saturated heterocycles.